The highest BCUT2D eigenvalue weighted by Crippen LogP contribution is 2.23. The first-order chi connectivity index (χ1) is 9.88. The minimum absolute atomic E-state index is 0.0338. The Kier molecular flexibility index (Phi) is 4.71. The molecule has 2 aromatic carbocycles. The van der Waals surface area contributed by atoms with Gasteiger partial charge in [0.1, 0.15) is 5.82 Å². The molecule has 0 fully saturated rings. The lowest BCUT2D eigenvalue weighted by Crippen LogP contribution is -2.04. The van der Waals surface area contributed by atoms with Crippen LogP contribution in [-0.2, 0) is 6.54 Å². The van der Waals surface area contributed by atoms with Crippen molar-refractivity contribution in [1.29, 1.82) is 0 Å². The number of nitrogens with one attached hydrogen (secondary N) is 1. The van der Waals surface area contributed by atoms with E-state index in [4.69, 9.17) is 0 Å². The molecule has 0 atom stereocenters. The van der Waals surface area contributed by atoms with Crippen molar-refractivity contribution in [2.24, 2.45) is 0 Å². The molecule has 110 valence electrons. The van der Waals surface area contributed by atoms with Crippen molar-refractivity contribution in [3.05, 3.63) is 66.8 Å². The second kappa shape index (κ2) is 6.33. The number of anilines is 1. The number of hydrogen-bond donors (Lipinski definition) is 1. The van der Waals surface area contributed by atoms with Gasteiger partial charge in [0, 0.05) is 33.5 Å². The molecular weight excluding hydrogens is 393 g/mol. The number of rotatable bonds is 4. The van der Waals surface area contributed by atoms with Crippen molar-refractivity contribution < 1.29 is 13.7 Å². The molecule has 0 saturated carbocycles. The fourth-order valence-corrected chi connectivity index (χ4v) is 2.27. The average Bonchev–Trinajstić information content (AvgIpc) is 2.41. The molecule has 0 aliphatic rings. The van der Waals surface area contributed by atoms with Crippen LogP contribution < -0.4 is 5.32 Å². The minimum atomic E-state index is -1.17. The van der Waals surface area contributed by atoms with Crippen molar-refractivity contribution in [3.63, 3.8) is 0 Å². The van der Waals surface area contributed by atoms with E-state index in [9.17, 15) is 18.9 Å². The number of nitro benzene ring substituents is 1. The van der Waals surface area contributed by atoms with E-state index >= 15 is 0 Å². The number of nitrogens with zero attached hydrogens (tertiary/aromatic N) is 1. The van der Waals surface area contributed by atoms with Gasteiger partial charge in [-0.15, -0.1) is 0 Å². The Hall–Kier alpha value is -1.77. The van der Waals surface area contributed by atoms with Gasteiger partial charge in [-0.05, 0) is 47.2 Å². The van der Waals surface area contributed by atoms with Gasteiger partial charge in [0.15, 0.2) is 0 Å². The lowest BCUT2D eigenvalue weighted by atomic mass is 10.1. The Morgan fingerprint density at radius 1 is 1.24 bits per heavy atom. The summed E-state index contributed by atoms with van der Waals surface area (Å²) in [6, 6.07) is 7.07. The zero-order valence-corrected chi connectivity index (χ0v) is 13.1. The molecule has 0 unspecified atom stereocenters. The van der Waals surface area contributed by atoms with E-state index in [1.807, 2.05) is 25.1 Å². The summed E-state index contributed by atoms with van der Waals surface area (Å²) in [6.07, 6.45) is 0. The van der Waals surface area contributed by atoms with Crippen molar-refractivity contribution >= 4 is 34.0 Å². The van der Waals surface area contributed by atoms with Gasteiger partial charge < -0.3 is 5.32 Å². The molecule has 0 bridgehead atoms. The van der Waals surface area contributed by atoms with E-state index in [2.05, 4.69) is 27.9 Å². The molecule has 0 spiro atoms. The monoisotopic (exact) mass is 404 g/mol. The summed E-state index contributed by atoms with van der Waals surface area (Å²) in [5, 5.41) is 13.6. The Morgan fingerprint density at radius 2 is 1.95 bits per heavy atom. The molecule has 7 heteroatoms. The maximum absolute atomic E-state index is 13.6. The highest BCUT2D eigenvalue weighted by Gasteiger charge is 2.18. The average molecular weight is 404 g/mol. The third kappa shape index (κ3) is 3.66. The van der Waals surface area contributed by atoms with E-state index in [1.165, 1.54) is 0 Å². The van der Waals surface area contributed by atoms with Crippen LogP contribution in [0.5, 0.6) is 0 Å². The largest absolute Gasteiger partial charge is 0.381 e. The Morgan fingerprint density at radius 3 is 2.57 bits per heavy atom. The first kappa shape index (κ1) is 15.6. The van der Waals surface area contributed by atoms with Gasteiger partial charge in [-0.1, -0.05) is 6.07 Å². The summed E-state index contributed by atoms with van der Waals surface area (Å²) in [5.74, 6) is -1.99. The second-order valence-corrected chi connectivity index (χ2v) is 5.63. The van der Waals surface area contributed by atoms with Gasteiger partial charge >= 0.3 is 5.69 Å². The molecule has 21 heavy (non-hydrogen) atoms. The molecule has 2 rings (SSSR count). The van der Waals surface area contributed by atoms with E-state index in [0.29, 0.717) is 6.07 Å². The lowest BCUT2D eigenvalue weighted by molar-refractivity contribution is -0.387. The van der Waals surface area contributed by atoms with Crippen LogP contribution >= 0.6 is 22.6 Å². The second-order valence-electron chi connectivity index (χ2n) is 4.47. The van der Waals surface area contributed by atoms with Gasteiger partial charge in [-0.25, -0.2) is 4.39 Å². The van der Waals surface area contributed by atoms with Crippen LogP contribution in [-0.4, -0.2) is 4.92 Å². The molecule has 0 amide bonds. The zero-order valence-electron chi connectivity index (χ0n) is 11.0. The van der Waals surface area contributed by atoms with Crippen LogP contribution in [0.25, 0.3) is 0 Å². The number of aryl methyl sites for hydroxylation is 1. The number of benzene rings is 2. The predicted molar refractivity (Wildman–Crippen MR) is 84.2 cm³/mol. The Balaban J connectivity index is 2.21. The van der Waals surface area contributed by atoms with Gasteiger partial charge in [-0.2, -0.15) is 4.39 Å². The summed E-state index contributed by atoms with van der Waals surface area (Å²) in [7, 11) is 0. The van der Waals surface area contributed by atoms with Crippen LogP contribution in [0, 0.1) is 32.2 Å². The normalized spacial score (nSPS) is 10.5. The number of nitro groups is 1. The molecule has 0 aromatic heterocycles. The number of halogens is 3. The van der Waals surface area contributed by atoms with Gasteiger partial charge in [0.2, 0.25) is 5.82 Å². The number of hydrogen-bond acceptors (Lipinski definition) is 3. The van der Waals surface area contributed by atoms with Crippen LogP contribution in [0.2, 0.25) is 0 Å². The van der Waals surface area contributed by atoms with Gasteiger partial charge in [-0.3, -0.25) is 10.1 Å². The van der Waals surface area contributed by atoms with Crippen LogP contribution in [0.4, 0.5) is 20.2 Å². The Labute approximate surface area is 133 Å². The maximum Gasteiger partial charge on any atom is 0.305 e. The summed E-state index contributed by atoms with van der Waals surface area (Å²) >= 11 is 2.18. The van der Waals surface area contributed by atoms with Crippen molar-refractivity contribution in [1.82, 2.24) is 0 Å². The Bertz CT molecular complexity index is 708. The summed E-state index contributed by atoms with van der Waals surface area (Å²) < 4.78 is 27.9. The third-order valence-corrected chi connectivity index (χ3v) is 4.13. The summed E-state index contributed by atoms with van der Waals surface area (Å²) in [5.41, 5.74) is 1.19. The highest BCUT2D eigenvalue weighted by molar-refractivity contribution is 14.1. The first-order valence-corrected chi connectivity index (χ1v) is 7.08. The predicted octanol–water partition coefficient (Wildman–Crippen LogP) is 4.40. The van der Waals surface area contributed by atoms with E-state index < -0.39 is 22.2 Å². The van der Waals surface area contributed by atoms with Crippen molar-refractivity contribution in [3.8, 4) is 0 Å². The molecular formula is C14H11F2IN2O2. The third-order valence-electron chi connectivity index (χ3n) is 2.97. The lowest BCUT2D eigenvalue weighted by Gasteiger charge is -2.09. The van der Waals surface area contributed by atoms with Crippen LogP contribution in [0.1, 0.15) is 11.1 Å². The highest BCUT2D eigenvalue weighted by atomic mass is 127. The molecule has 0 saturated heterocycles. The first-order valence-electron chi connectivity index (χ1n) is 6.01. The summed E-state index contributed by atoms with van der Waals surface area (Å²) in [4.78, 5) is 9.80. The zero-order chi connectivity index (χ0) is 15.6. The fraction of sp³-hybridized carbons (Fsp3) is 0.143. The minimum Gasteiger partial charge on any atom is -0.381 e. The van der Waals surface area contributed by atoms with Crippen LogP contribution in [0.15, 0.2) is 30.3 Å². The molecule has 0 aliphatic heterocycles. The van der Waals surface area contributed by atoms with Crippen molar-refractivity contribution in [2.45, 2.75) is 13.5 Å². The fourth-order valence-electron chi connectivity index (χ4n) is 1.76. The molecule has 0 heterocycles. The van der Waals surface area contributed by atoms with Crippen molar-refractivity contribution in [2.75, 3.05) is 5.32 Å². The van der Waals surface area contributed by atoms with Gasteiger partial charge in [0.25, 0.3) is 0 Å². The van der Waals surface area contributed by atoms with E-state index in [0.717, 1.165) is 20.9 Å². The van der Waals surface area contributed by atoms with Gasteiger partial charge in [0.05, 0.1) is 4.92 Å². The molecule has 1 N–H and O–H groups in total. The quantitative estimate of drug-likeness (QED) is 0.467. The standard InChI is InChI=1S/C14H11F2IN2O2/c1-8-2-3-10(5-13(8)17)18-7-9-4-14(19(20)21)12(16)6-11(9)15/h2-6,18H,7H2,1H3. The summed E-state index contributed by atoms with van der Waals surface area (Å²) in [6.45, 7) is 2.00. The topological polar surface area (TPSA) is 55.2 Å². The van der Waals surface area contributed by atoms with Crippen LogP contribution in [0.3, 0.4) is 0 Å². The SMILES string of the molecule is Cc1ccc(NCc2cc([N+](=O)[O-])c(F)cc2F)cc1I. The van der Waals surface area contributed by atoms with E-state index in [-0.39, 0.29) is 12.1 Å². The maximum atomic E-state index is 13.6. The molecule has 2 aromatic rings. The molecule has 0 aliphatic carbocycles. The van der Waals surface area contributed by atoms with E-state index in [1.54, 1.807) is 0 Å². The smallest absolute Gasteiger partial charge is 0.305 e. The molecule has 4 nitrogen and oxygen atoms in total. The molecule has 0 radical (unpaired) electrons.